The summed E-state index contributed by atoms with van der Waals surface area (Å²) < 4.78 is 19.3. The minimum atomic E-state index is -0.137. The molecule has 0 aliphatic carbocycles. The summed E-state index contributed by atoms with van der Waals surface area (Å²) in [6.45, 7) is 9.65. The SMILES string of the molecule is CCCNC(CN(CCOC)C(C)C)c1ccccc1F. The predicted molar refractivity (Wildman–Crippen MR) is 86.0 cm³/mol. The maximum Gasteiger partial charge on any atom is 0.128 e. The van der Waals surface area contributed by atoms with Gasteiger partial charge in [-0.3, -0.25) is 4.90 Å². The molecule has 0 spiro atoms. The molecule has 0 fully saturated rings. The maximum absolute atomic E-state index is 14.1. The molecular weight excluding hydrogens is 267 g/mol. The lowest BCUT2D eigenvalue weighted by molar-refractivity contribution is 0.120. The van der Waals surface area contributed by atoms with Crippen LogP contribution in [0.25, 0.3) is 0 Å². The summed E-state index contributed by atoms with van der Waals surface area (Å²) in [5.41, 5.74) is 0.744. The summed E-state index contributed by atoms with van der Waals surface area (Å²) in [7, 11) is 1.71. The first kappa shape index (κ1) is 18.1. The topological polar surface area (TPSA) is 24.5 Å². The van der Waals surface area contributed by atoms with Gasteiger partial charge in [0.2, 0.25) is 0 Å². The van der Waals surface area contributed by atoms with Crippen LogP contribution in [0.15, 0.2) is 24.3 Å². The van der Waals surface area contributed by atoms with Gasteiger partial charge in [-0.1, -0.05) is 25.1 Å². The number of ether oxygens (including phenoxy) is 1. The maximum atomic E-state index is 14.1. The number of rotatable bonds is 10. The minimum Gasteiger partial charge on any atom is -0.383 e. The number of hydrogen-bond donors (Lipinski definition) is 1. The van der Waals surface area contributed by atoms with Crippen LogP contribution in [0.5, 0.6) is 0 Å². The molecule has 0 aliphatic heterocycles. The molecular formula is C17H29FN2O. The third-order valence-corrected chi connectivity index (χ3v) is 3.65. The van der Waals surface area contributed by atoms with Crippen LogP contribution in [0.2, 0.25) is 0 Å². The lowest BCUT2D eigenvalue weighted by Gasteiger charge is -2.31. The zero-order valence-electron chi connectivity index (χ0n) is 13.7. The largest absolute Gasteiger partial charge is 0.383 e. The van der Waals surface area contributed by atoms with E-state index in [0.29, 0.717) is 12.6 Å². The van der Waals surface area contributed by atoms with Crippen LogP contribution in [0, 0.1) is 5.82 Å². The van der Waals surface area contributed by atoms with E-state index in [-0.39, 0.29) is 11.9 Å². The molecule has 0 saturated carbocycles. The second-order valence-corrected chi connectivity index (χ2v) is 5.61. The van der Waals surface area contributed by atoms with Gasteiger partial charge in [0, 0.05) is 37.8 Å². The van der Waals surface area contributed by atoms with E-state index >= 15 is 0 Å². The molecule has 1 aromatic rings. The van der Waals surface area contributed by atoms with Gasteiger partial charge in [-0.05, 0) is 32.9 Å². The average molecular weight is 296 g/mol. The van der Waals surface area contributed by atoms with Crippen LogP contribution in [0.4, 0.5) is 4.39 Å². The van der Waals surface area contributed by atoms with Crippen LogP contribution in [0.3, 0.4) is 0 Å². The predicted octanol–water partition coefficient (Wildman–Crippen LogP) is 3.22. The molecule has 4 heteroatoms. The molecule has 1 aromatic carbocycles. The third kappa shape index (κ3) is 6.12. The van der Waals surface area contributed by atoms with Crippen LogP contribution in [-0.2, 0) is 4.74 Å². The summed E-state index contributed by atoms with van der Waals surface area (Å²) in [6, 6.07) is 7.44. The Balaban J connectivity index is 2.83. The summed E-state index contributed by atoms with van der Waals surface area (Å²) in [5, 5.41) is 3.47. The lowest BCUT2D eigenvalue weighted by Crippen LogP contribution is -2.41. The minimum absolute atomic E-state index is 0.00501. The van der Waals surface area contributed by atoms with E-state index in [1.807, 2.05) is 12.1 Å². The quantitative estimate of drug-likeness (QED) is 0.717. The van der Waals surface area contributed by atoms with Crippen molar-refractivity contribution in [1.29, 1.82) is 0 Å². The van der Waals surface area contributed by atoms with Crippen molar-refractivity contribution >= 4 is 0 Å². The highest BCUT2D eigenvalue weighted by molar-refractivity contribution is 5.21. The van der Waals surface area contributed by atoms with E-state index < -0.39 is 0 Å². The molecule has 0 saturated heterocycles. The van der Waals surface area contributed by atoms with Gasteiger partial charge in [0.05, 0.1) is 6.61 Å². The van der Waals surface area contributed by atoms with Gasteiger partial charge < -0.3 is 10.1 Å². The Kier molecular flexibility index (Phi) is 8.50. The Hall–Kier alpha value is -0.970. The van der Waals surface area contributed by atoms with Crippen LogP contribution >= 0.6 is 0 Å². The molecule has 1 unspecified atom stereocenters. The van der Waals surface area contributed by atoms with E-state index in [2.05, 4.69) is 31.0 Å². The second-order valence-electron chi connectivity index (χ2n) is 5.61. The number of halogens is 1. The first-order valence-corrected chi connectivity index (χ1v) is 7.80. The molecule has 3 nitrogen and oxygen atoms in total. The molecule has 21 heavy (non-hydrogen) atoms. The van der Waals surface area contributed by atoms with Gasteiger partial charge in [-0.15, -0.1) is 0 Å². The fourth-order valence-electron chi connectivity index (χ4n) is 2.35. The van der Waals surface area contributed by atoms with Crippen molar-refractivity contribution in [2.24, 2.45) is 0 Å². The molecule has 1 atom stereocenters. The number of nitrogens with one attached hydrogen (secondary N) is 1. The average Bonchev–Trinajstić information content (AvgIpc) is 2.47. The van der Waals surface area contributed by atoms with Crippen molar-refractivity contribution in [3.63, 3.8) is 0 Å². The standard InChI is InChI=1S/C17H29FN2O/c1-5-10-19-17(15-8-6-7-9-16(15)18)13-20(14(2)3)11-12-21-4/h6-9,14,17,19H,5,10-13H2,1-4H3. The van der Waals surface area contributed by atoms with Gasteiger partial charge in [0.15, 0.2) is 0 Å². The van der Waals surface area contributed by atoms with E-state index in [4.69, 9.17) is 4.74 Å². The Labute approximate surface area is 128 Å². The van der Waals surface area contributed by atoms with Crippen molar-refractivity contribution < 1.29 is 9.13 Å². The van der Waals surface area contributed by atoms with E-state index in [1.54, 1.807) is 13.2 Å². The molecule has 0 radical (unpaired) electrons. The summed E-state index contributed by atoms with van der Waals surface area (Å²) in [5.74, 6) is -0.137. The van der Waals surface area contributed by atoms with Crippen LogP contribution in [0.1, 0.15) is 38.8 Å². The zero-order chi connectivity index (χ0) is 15.7. The molecule has 0 heterocycles. The highest BCUT2D eigenvalue weighted by Crippen LogP contribution is 2.19. The van der Waals surface area contributed by atoms with E-state index in [0.717, 1.165) is 31.6 Å². The highest BCUT2D eigenvalue weighted by atomic mass is 19.1. The van der Waals surface area contributed by atoms with Crippen molar-refractivity contribution in [3.8, 4) is 0 Å². The van der Waals surface area contributed by atoms with Gasteiger partial charge in [0.1, 0.15) is 5.82 Å². The Morgan fingerprint density at radius 3 is 2.57 bits per heavy atom. The molecule has 1 rings (SSSR count). The van der Waals surface area contributed by atoms with E-state index in [1.165, 1.54) is 6.07 Å². The van der Waals surface area contributed by atoms with Crippen molar-refractivity contribution in [2.75, 3.05) is 33.4 Å². The van der Waals surface area contributed by atoms with Gasteiger partial charge >= 0.3 is 0 Å². The molecule has 0 aromatic heterocycles. The lowest BCUT2D eigenvalue weighted by atomic mass is 10.0. The van der Waals surface area contributed by atoms with Crippen LogP contribution < -0.4 is 5.32 Å². The smallest absolute Gasteiger partial charge is 0.128 e. The van der Waals surface area contributed by atoms with E-state index in [9.17, 15) is 4.39 Å². The summed E-state index contributed by atoms with van der Waals surface area (Å²) in [6.07, 6.45) is 1.03. The van der Waals surface area contributed by atoms with Crippen molar-refractivity contribution in [3.05, 3.63) is 35.6 Å². The Bertz CT molecular complexity index is 398. The molecule has 0 aliphatic rings. The number of nitrogens with zero attached hydrogens (tertiary/aromatic N) is 1. The zero-order valence-corrected chi connectivity index (χ0v) is 13.7. The molecule has 120 valence electrons. The number of benzene rings is 1. The first-order valence-electron chi connectivity index (χ1n) is 7.80. The molecule has 0 amide bonds. The second kappa shape index (κ2) is 9.87. The fourth-order valence-corrected chi connectivity index (χ4v) is 2.35. The molecule has 0 bridgehead atoms. The number of hydrogen-bond acceptors (Lipinski definition) is 3. The third-order valence-electron chi connectivity index (χ3n) is 3.65. The number of methoxy groups -OCH3 is 1. The normalized spacial score (nSPS) is 13.1. The van der Waals surface area contributed by atoms with Gasteiger partial charge in [0.25, 0.3) is 0 Å². The highest BCUT2D eigenvalue weighted by Gasteiger charge is 2.20. The van der Waals surface area contributed by atoms with Gasteiger partial charge in [-0.2, -0.15) is 0 Å². The van der Waals surface area contributed by atoms with Crippen molar-refractivity contribution in [1.82, 2.24) is 10.2 Å². The Morgan fingerprint density at radius 1 is 1.29 bits per heavy atom. The summed E-state index contributed by atoms with van der Waals surface area (Å²) in [4.78, 5) is 2.32. The Morgan fingerprint density at radius 2 is 2.00 bits per heavy atom. The fraction of sp³-hybridized carbons (Fsp3) is 0.647. The van der Waals surface area contributed by atoms with Gasteiger partial charge in [-0.25, -0.2) is 4.39 Å². The summed E-state index contributed by atoms with van der Waals surface area (Å²) >= 11 is 0. The molecule has 1 N–H and O–H groups in total. The van der Waals surface area contributed by atoms with Crippen molar-refractivity contribution in [2.45, 2.75) is 39.3 Å². The van der Waals surface area contributed by atoms with Crippen LogP contribution in [-0.4, -0.2) is 44.3 Å². The monoisotopic (exact) mass is 296 g/mol. The first-order chi connectivity index (χ1) is 10.1.